The van der Waals surface area contributed by atoms with Gasteiger partial charge >= 0.3 is 11.9 Å². The molecule has 0 N–H and O–H groups in total. The molecule has 0 aliphatic rings. The fourth-order valence-corrected chi connectivity index (χ4v) is 5.34. The predicted molar refractivity (Wildman–Crippen MR) is 223 cm³/mol. The lowest BCUT2D eigenvalue weighted by Gasteiger charge is -2.18. The summed E-state index contributed by atoms with van der Waals surface area (Å²) in [5, 5.41) is 0. The van der Waals surface area contributed by atoms with Crippen molar-refractivity contribution in [2.75, 3.05) is 19.8 Å². The number of esters is 2. The Morgan fingerprint density at radius 2 is 0.865 bits per heavy atom. The molecule has 0 radical (unpaired) electrons. The smallest absolute Gasteiger partial charge is 0.306 e. The third-order valence-corrected chi connectivity index (χ3v) is 8.43. The van der Waals surface area contributed by atoms with E-state index in [-0.39, 0.29) is 25.2 Å². The van der Waals surface area contributed by atoms with E-state index in [0.29, 0.717) is 19.4 Å². The Hall–Kier alpha value is -2.92. The summed E-state index contributed by atoms with van der Waals surface area (Å²) >= 11 is 0. The third kappa shape index (κ3) is 39.9. The van der Waals surface area contributed by atoms with Gasteiger partial charge in [-0.2, -0.15) is 0 Å². The molecule has 1 atom stereocenters. The van der Waals surface area contributed by atoms with Gasteiger partial charge in [0.1, 0.15) is 6.61 Å². The lowest BCUT2D eigenvalue weighted by atomic mass is 10.1. The van der Waals surface area contributed by atoms with Crippen LogP contribution in [0.2, 0.25) is 0 Å². The van der Waals surface area contributed by atoms with Crippen LogP contribution in [-0.2, 0) is 23.8 Å². The van der Waals surface area contributed by atoms with Crippen LogP contribution in [0.4, 0.5) is 0 Å². The van der Waals surface area contributed by atoms with Gasteiger partial charge in [-0.3, -0.25) is 9.59 Å². The van der Waals surface area contributed by atoms with E-state index in [9.17, 15) is 9.59 Å². The van der Waals surface area contributed by atoms with Crippen molar-refractivity contribution in [3.05, 3.63) is 85.1 Å². The summed E-state index contributed by atoms with van der Waals surface area (Å²) in [5.74, 6) is -0.463. The number of hydrogen-bond donors (Lipinski definition) is 0. The summed E-state index contributed by atoms with van der Waals surface area (Å²) in [6.45, 7) is 7.43. The molecule has 0 rings (SSSR count). The van der Waals surface area contributed by atoms with Crippen molar-refractivity contribution in [1.29, 1.82) is 0 Å². The second-order valence-corrected chi connectivity index (χ2v) is 13.5. The molecule has 1 unspecified atom stereocenters. The summed E-state index contributed by atoms with van der Waals surface area (Å²) in [7, 11) is 0. The highest BCUT2D eigenvalue weighted by Crippen LogP contribution is 2.11. The highest BCUT2D eigenvalue weighted by Gasteiger charge is 2.17. The molecular formula is C47H78O5. The molecule has 0 spiro atoms. The van der Waals surface area contributed by atoms with Crippen LogP contribution in [0.25, 0.3) is 0 Å². The molecule has 0 heterocycles. The van der Waals surface area contributed by atoms with Crippen molar-refractivity contribution >= 4 is 11.9 Å². The molecule has 0 saturated heterocycles. The van der Waals surface area contributed by atoms with E-state index >= 15 is 0 Å². The van der Waals surface area contributed by atoms with Gasteiger partial charge in [-0.1, -0.05) is 157 Å². The first kappa shape index (κ1) is 49.1. The minimum Gasteiger partial charge on any atom is -0.462 e. The Morgan fingerprint density at radius 1 is 0.442 bits per heavy atom. The topological polar surface area (TPSA) is 61.8 Å². The molecule has 0 aliphatic heterocycles. The van der Waals surface area contributed by atoms with E-state index in [2.05, 4.69) is 106 Å². The molecule has 0 saturated carbocycles. The van der Waals surface area contributed by atoms with E-state index < -0.39 is 6.10 Å². The van der Waals surface area contributed by atoms with Crippen LogP contribution < -0.4 is 0 Å². The van der Waals surface area contributed by atoms with Crippen molar-refractivity contribution < 1.29 is 23.8 Å². The quantitative estimate of drug-likeness (QED) is 0.0363. The summed E-state index contributed by atoms with van der Waals surface area (Å²) < 4.78 is 17.2. The number of unbranched alkanes of at least 4 members (excludes halogenated alkanes) is 12. The van der Waals surface area contributed by atoms with Gasteiger partial charge in [0.25, 0.3) is 0 Å². The van der Waals surface area contributed by atoms with Crippen LogP contribution in [-0.4, -0.2) is 37.9 Å². The fourth-order valence-electron chi connectivity index (χ4n) is 5.34. The molecule has 296 valence electrons. The molecule has 5 nitrogen and oxygen atoms in total. The maximum atomic E-state index is 12.6. The van der Waals surface area contributed by atoms with E-state index in [1.165, 1.54) is 25.7 Å². The summed E-state index contributed by atoms with van der Waals surface area (Å²) in [5.41, 5.74) is 0. The van der Waals surface area contributed by atoms with Gasteiger partial charge in [-0.15, -0.1) is 0 Å². The second-order valence-electron chi connectivity index (χ2n) is 13.5. The zero-order chi connectivity index (χ0) is 37.8. The van der Waals surface area contributed by atoms with Crippen molar-refractivity contribution in [2.24, 2.45) is 0 Å². The normalized spacial score (nSPS) is 13.1. The first-order valence-corrected chi connectivity index (χ1v) is 21.1. The summed E-state index contributed by atoms with van der Waals surface area (Å²) in [6, 6.07) is 0. The average Bonchev–Trinajstić information content (AvgIpc) is 3.14. The van der Waals surface area contributed by atoms with Crippen LogP contribution in [0.5, 0.6) is 0 Å². The first-order chi connectivity index (χ1) is 25.6. The molecule has 0 bridgehead atoms. The SMILES string of the molecule is CC/C=C\C/C=C\C/C=C\C/C=C\CCCCCOCC(COC(=O)CCCCC/C=C\C/C=C\C/C=C\CC)OC(=O)CCCCCCCCC. The summed E-state index contributed by atoms with van der Waals surface area (Å²) in [6.07, 6.45) is 54.5. The number of hydrogen-bond acceptors (Lipinski definition) is 5. The van der Waals surface area contributed by atoms with Crippen molar-refractivity contribution in [3.63, 3.8) is 0 Å². The number of carbonyl (C=O) groups is 2. The molecule has 52 heavy (non-hydrogen) atoms. The van der Waals surface area contributed by atoms with Gasteiger partial charge in [0.2, 0.25) is 0 Å². The highest BCUT2D eigenvalue weighted by molar-refractivity contribution is 5.70. The van der Waals surface area contributed by atoms with E-state index in [4.69, 9.17) is 14.2 Å². The number of rotatable bonds is 37. The first-order valence-electron chi connectivity index (χ1n) is 21.1. The predicted octanol–water partition coefficient (Wildman–Crippen LogP) is 13.8. The van der Waals surface area contributed by atoms with Gasteiger partial charge in [0.15, 0.2) is 6.10 Å². The molecule has 0 aliphatic carbocycles. The van der Waals surface area contributed by atoms with Gasteiger partial charge in [-0.25, -0.2) is 0 Å². The Balaban J connectivity index is 4.30. The van der Waals surface area contributed by atoms with Crippen LogP contribution in [0.15, 0.2) is 85.1 Å². The minimum atomic E-state index is -0.563. The van der Waals surface area contributed by atoms with E-state index in [1.54, 1.807) is 0 Å². The molecule has 0 fully saturated rings. The number of carbonyl (C=O) groups excluding carboxylic acids is 2. The maximum absolute atomic E-state index is 12.6. The van der Waals surface area contributed by atoms with Crippen LogP contribution in [0.1, 0.15) is 175 Å². The molecule has 0 amide bonds. The van der Waals surface area contributed by atoms with Gasteiger partial charge in [0, 0.05) is 19.4 Å². The fraction of sp³-hybridized carbons (Fsp3) is 0.660. The highest BCUT2D eigenvalue weighted by atomic mass is 16.6. The zero-order valence-corrected chi connectivity index (χ0v) is 33.8. The number of allylic oxidation sites excluding steroid dienone is 14. The molecule has 0 aromatic rings. The Kier molecular flexibility index (Phi) is 40.1. The monoisotopic (exact) mass is 723 g/mol. The summed E-state index contributed by atoms with van der Waals surface area (Å²) in [4.78, 5) is 25.0. The molecule has 0 aromatic heterocycles. The molecular weight excluding hydrogens is 645 g/mol. The molecule has 5 heteroatoms. The third-order valence-electron chi connectivity index (χ3n) is 8.43. The largest absolute Gasteiger partial charge is 0.462 e. The Labute approximate surface area is 320 Å². The van der Waals surface area contributed by atoms with Crippen LogP contribution in [0.3, 0.4) is 0 Å². The average molecular weight is 723 g/mol. The Bertz CT molecular complexity index is 999. The molecule has 0 aromatic carbocycles. The maximum Gasteiger partial charge on any atom is 0.306 e. The van der Waals surface area contributed by atoms with Crippen LogP contribution in [0, 0.1) is 0 Å². The van der Waals surface area contributed by atoms with E-state index in [1.807, 2.05) is 0 Å². The lowest BCUT2D eigenvalue weighted by molar-refractivity contribution is -0.163. The van der Waals surface area contributed by atoms with Gasteiger partial charge in [-0.05, 0) is 89.9 Å². The van der Waals surface area contributed by atoms with E-state index in [0.717, 1.165) is 116 Å². The zero-order valence-electron chi connectivity index (χ0n) is 33.8. The van der Waals surface area contributed by atoms with Gasteiger partial charge in [0.05, 0.1) is 6.61 Å². The van der Waals surface area contributed by atoms with Crippen molar-refractivity contribution in [3.8, 4) is 0 Å². The van der Waals surface area contributed by atoms with Crippen molar-refractivity contribution in [2.45, 2.75) is 181 Å². The standard InChI is InChI=1S/C47H78O5/c1-4-7-10-13-16-18-20-22-23-24-26-28-30-33-36-39-42-50-43-45(52-47(49)41-38-35-31-15-12-9-6-3)44-51-46(48)40-37-34-32-29-27-25-21-19-17-14-11-8-5-2/h7-8,10-11,16-19,22-23,25-28,45H,4-6,9,12-15,20-21,24,29-44H2,1-3H3/b10-7-,11-8-,18-16-,19-17-,23-22-,27-25-,28-26-. The second kappa shape index (κ2) is 42.5. The van der Waals surface area contributed by atoms with Gasteiger partial charge < -0.3 is 14.2 Å². The van der Waals surface area contributed by atoms with Crippen LogP contribution >= 0.6 is 0 Å². The number of ether oxygens (including phenoxy) is 3. The lowest BCUT2D eigenvalue weighted by Crippen LogP contribution is -2.30. The Morgan fingerprint density at radius 3 is 1.38 bits per heavy atom. The van der Waals surface area contributed by atoms with Crippen molar-refractivity contribution in [1.82, 2.24) is 0 Å². The minimum absolute atomic E-state index is 0.0535.